The monoisotopic (exact) mass is 253 g/mol. The topological polar surface area (TPSA) is 12.0 Å². The standard InChI is InChI=1S/C12H16BrN/c1-9(14-8-10-2-3-10)11-4-6-12(13)7-5-11/h4-7,9-10,14H,2-3,8H2,1H3. The third-order valence-corrected chi connectivity index (χ3v) is 3.31. The molecule has 0 bridgehead atoms. The Balaban J connectivity index is 1.88. The summed E-state index contributed by atoms with van der Waals surface area (Å²) < 4.78 is 1.15. The average Bonchev–Trinajstić information content (AvgIpc) is 2.99. The van der Waals surface area contributed by atoms with Gasteiger partial charge in [0.2, 0.25) is 0 Å². The van der Waals surface area contributed by atoms with Crippen molar-refractivity contribution in [1.29, 1.82) is 0 Å². The van der Waals surface area contributed by atoms with Gasteiger partial charge in [-0.2, -0.15) is 0 Å². The third-order valence-electron chi connectivity index (χ3n) is 2.78. The van der Waals surface area contributed by atoms with Crippen molar-refractivity contribution < 1.29 is 0 Å². The maximum Gasteiger partial charge on any atom is 0.0291 e. The smallest absolute Gasteiger partial charge is 0.0291 e. The van der Waals surface area contributed by atoms with Crippen LogP contribution in [0.3, 0.4) is 0 Å². The molecule has 2 rings (SSSR count). The number of hydrogen-bond donors (Lipinski definition) is 1. The molecular weight excluding hydrogens is 238 g/mol. The minimum absolute atomic E-state index is 0.476. The van der Waals surface area contributed by atoms with Gasteiger partial charge < -0.3 is 5.32 Å². The molecule has 0 heterocycles. The Kier molecular flexibility index (Phi) is 3.24. The van der Waals surface area contributed by atoms with E-state index in [-0.39, 0.29) is 0 Å². The van der Waals surface area contributed by atoms with Gasteiger partial charge >= 0.3 is 0 Å². The Hall–Kier alpha value is -0.340. The highest BCUT2D eigenvalue weighted by Crippen LogP contribution is 2.28. The van der Waals surface area contributed by atoms with E-state index in [0.29, 0.717) is 6.04 Å². The summed E-state index contributed by atoms with van der Waals surface area (Å²) >= 11 is 3.45. The van der Waals surface area contributed by atoms with Crippen LogP contribution in [0.2, 0.25) is 0 Å². The first kappa shape index (κ1) is 10.2. The lowest BCUT2D eigenvalue weighted by Crippen LogP contribution is -2.20. The maximum absolute atomic E-state index is 3.56. The second kappa shape index (κ2) is 4.45. The van der Waals surface area contributed by atoms with Crippen LogP contribution >= 0.6 is 15.9 Å². The Morgan fingerprint density at radius 3 is 2.57 bits per heavy atom. The highest BCUT2D eigenvalue weighted by atomic mass is 79.9. The van der Waals surface area contributed by atoms with Crippen molar-refractivity contribution in [1.82, 2.24) is 5.32 Å². The van der Waals surface area contributed by atoms with E-state index in [9.17, 15) is 0 Å². The van der Waals surface area contributed by atoms with Gasteiger partial charge in [0.25, 0.3) is 0 Å². The van der Waals surface area contributed by atoms with Gasteiger partial charge in [-0.15, -0.1) is 0 Å². The van der Waals surface area contributed by atoms with Gasteiger partial charge in [0, 0.05) is 10.5 Å². The molecule has 1 atom stereocenters. The SMILES string of the molecule is CC(NCC1CC1)c1ccc(Br)cc1. The summed E-state index contributed by atoms with van der Waals surface area (Å²) in [5.41, 5.74) is 1.37. The summed E-state index contributed by atoms with van der Waals surface area (Å²) in [5.74, 6) is 0.952. The van der Waals surface area contributed by atoms with Gasteiger partial charge in [-0.3, -0.25) is 0 Å². The summed E-state index contributed by atoms with van der Waals surface area (Å²) in [7, 11) is 0. The molecule has 1 fully saturated rings. The fourth-order valence-corrected chi connectivity index (χ4v) is 1.80. The van der Waals surface area contributed by atoms with Crippen molar-refractivity contribution in [2.24, 2.45) is 5.92 Å². The molecule has 0 amide bonds. The van der Waals surface area contributed by atoms with Gasteiger partial charge in [0.15, 0.2) is 0 Å². The lowest BCUT2D eigenvalue weighted by Gasteiger charge is -2.13. The van der Waals surface area contributed by atoms with E-state index in [1.54, 1.807) is 0 Å². The first-order valence-electron chi connectivity index (χ1n) is 5.24. The minimum atomic E-state index is 0.476. The van der Waals surface area contributed by atoms with Crippen molar-refractivity contribution in [2.75, 3.05) is 6.54 Å². The van der Waals surface area contributed by atoms with Crippen LogP contribution in [-0.4, -0.2) is 6.54 Å². The van der Waals surface area contributed by atoms with E-state index >= 15 is 0 Å². The molecule has 1 nitrogen and oxygen atoms in total. The van der Waals surface area contributed by atoms with E-state index in [1.165, 1.54) is 24.9 Å². The molecule has 1 aliphatic rings. The van der Waals surface area contributed by atoms with Crippen LogP contribution < -0.4 is 5.32 Å². The Bertz CT molecular complexity index is 290. The van der Waals surface area contributed by atoms with E-state index in [2.05, 4.69) is 52.4 Å². The van der Waals surface area contributed by atoms with E-state index in [0.717, 1.165) is 10.4 Å². The Morgan fingerprint density at radius 1 is 1.36 bits per heavy atom. The second-order valence-corrected chi connectivity index (χ2v) is 5.04. The number of benzene rings is 1. The second-order valence-electron chi connectivity index (χ2n) is 4.12. The quantitative estimate of drug-likeness (QED) is 0.866. The molecule has 76 valence electrons. The van der Waals surface area contributed by atoms with Gasteiger partial charge in [-0.25, -0.2) is 0 Å². The van der Waals surface area contributed by atoms with Crippen LogP contribution in [0.1, 0.15) is 31.4 Å². The minimum Gasteiger partial charge on any atom is -0.310 e. The third kappa shape index (κ3) is 2.82. The van der Waals surface area contributed by atoms with Crippen molar-refractivity contribution >= 4 is 15.9 Å². The van der Waals surface area contributed by atoms with Crippen molar-refractivity contribution in [3.8, 4) is 0 Å². The predicted octanol–water partition coefficient (Wildman–Crippen LogP) is 3.51. The molecule has 0 radical (unpaired) electrons. The summed E-state index contributed by atoms with van der Waals surface area (Å²) in [5, 5.41) is 3.56. The van der Waals surface area contributed by atoms with Crippen LogP contribution in [0, 0.1) is 5.92 Å². The highest BCUT2D eigenvalue weighted by Gasteiger charge is 2.21. The van der Waals surface area contributed by atoms with Gasteiger partial charge in [-0.1, -0.05) is 28.1 Å². The number of rotatable bonds is 4. The van der Waals surface area contributed by atoms with Crippen LogP contribution in [0.5, 0.6) is 0 Å². The zero-order valence-corrected chi connectivity index (χ0v) is 10.0. The molecule has 1 aromatic carbocycles. The Labute approximate surface area is 94.0 Å². The number of halogens is 1. The number of nitrogens with one attached hydrogen (secondary N) is 1. The molecule has 1 saturated carbocycles. The lowest BCUT2D eigenvalue weighted by molar-refractivity contribution is 0.549. The first-order chi connectivity index (χ1) is 6.75. The molecular formula is C12H16BrN. The van der Waals surface area contributed by atoms with Crippen molar-refractivity contribution in [3.05, 3.63) is 34.3 Å². The van der Waals surface area contributed by atoms with E-state index in [4.69, 9.17) is 0 Å². The van der Waals surface area contributed by atoms with Gasteiger partial charge in [-0.05, 0) is 49.9 Å². The largest absolute Gasteiger partial charge is 0.310 e. The zero-order valence-electron chi connectivity index (χ0n) is 8.46. The molecule has 0 aromatic heterocycles. The highest BCUT2D eigenvalue weighted by molar-refractivity contribution is 9.10. The average molecular weight is 254 g/mol. The van der Waals surface area contributed by atoms with Crippen molar-refractivity contribution in [2.45, 2.75) is 25.8 Å². The zero-order chi connectivity index (χ0) is 9.97. The first-order valence-corrected chi connectivity index (χ1v) is 6.04. The summed E-state index contributed by atoms with van der Waals surface area (Å²) in [6, 6.07) is 9.03. The fourth-order valence-electron chi connectivity index (χ4n) is 1.53. The number of hydrogen-bond acceptors (Lipinski definition) is 1. The van der Waals surface area contributed by atoms with Crippen molar-refractivity contribution in [3.63, 3.8) is 0 Å². The molecule has 0 aliphatic heterocycles. The van der Waals surface area contributed by atoms with Crippen LogP contribution in [0.4, 0.5) is 0 Å². The Morgan fingerprint density at radius 2 is 2.00 bits per heavy atom. The van der Waals surface area contributed by atoms with Crippen LogP contribution in [0.25, 0.3) is 0 Å². The summed E-state index contributed by atoms with van der Waals surface area (Å²) in [6.07, 6.45) is 2.83. The van der Waals surface area contributed by atoms with E-state index < -0.39 is 0 Å². The molecule has 1 aliphatic carbocycles. The predicted molar refractivity (Wildman–Crippen MR) is 63.3 cm³/mol. The lowest BCUT2D eigenvalue weighted by atomic mass is 10.1. The molecule has 0 saturated heterocycles. The molecule has 0 spiro atoms. The normalized spacial score (nSPS) is 18.1. The molecule has 1 N–H and O–H groups in total. The van der Waals surface area contributed by atoms with Crippen LogP contribution in [0.15, 0.2) is 28.7 Å². The summed E-state index contributed by atoms with van der Waals surface area (Å²) in [6.45, 7) is 3.41. The maximum atomic E-state index is 3.56. The van der Waals surface area contributed by atoms with Gasteiger partial charge in [0.1, 0.15) is 0 Å². The molecule has 14 heavy (non-hydrogen) atoms. The van der Waals surface area contributed by atoms with Crippen LogP contribution in [-0.2, 0) is 0 Å². The molecule has 1 unspecified atom stereocenters. The molecule has 1 aromatic rings. The fraction of sp³-hybridized carbons (Fsp3) is 0.500. The van der Waals surface area contributed by atoms with E-state index in [1.807, 2.05) is 0 Å². The summed E-state index contributed by atoms with van der Waals surface area (Å²) in [4.78, 5) is 0. The molecule has 2 heteroatoms. The van der Waals surface area contributed by atoms with Gasteiger partial charge in [0.05, 0.1) is 0 Å².